The van der Waals surface area contributed by atoms with E-state index in [1.54, 1.807) is 12.3 Å². The highest BCUT2D eigenvalue weighted by molar-refractivity contribution is 6.31. The van der Waals surface area contributed by atoms with Gasteiger partial charge in [0.25, 0.3) is 0 Å². The van der Waals surface area contributed by atoms with E-state index in [4.69, 9.17) is 16.0 Å². The molecular formula is C31H19ClN2O7. The van der Waals surface area contributed by atoms with Gasteiger partial charge in [0.15, 0.2) is 0 Å². The number of aromatic hydroxyl groups is 1. The van der Waals surface area contributed by atoms with E-state index in [9.17, 15) is 29.7 Å². The molecule has 3 aromatic carbocycles. The first kappa shape index (κ1) is 25.8. The van der Waals surface area contributed by atoms with Gasteiger partial charge in [-0.25, -0.2) is 9.59 Å². The number of phenolic OH excluding ortho intramolecular Hbond substituents is 1. The minimum absolute atomic E-state index is 0.0755. The van der Waals surface area contributed by atoms with Crippen LogP contribution in [0.25, 0.3) is 44.3 Å². The van der Waals surface area contributed by atoms with Crippen LogP contribution < -0.4 is 10.7 Å². The number of carboxylic acid groups (broad SMARTS) is 2. The van der Waals surface area contributed by atoms with E-state index >= 15 is 0 Å². The first-order chi connectivity index (χ1) is 19.7. The second-order valence-electron chi connectivity index (χ2n) is 9.30. The van der Waals surface area contributed by atoms with E-state index in [0.717, 1.165) is 10.9 Å². The number of aromatic nitrogens is 1. The zero-order valence-electron chi connectivity index (χ0n) is 21.0. The average molecular weight is 567 g/mol. The fraction of sp³-hybridized carbons (Fsp3) is 0.0323. The van der Waals surface area contributed by atoms with E-state index in [1.165, 1.54) is 36.4 Å². The summed E-state index contributed by atoms with van der Waals surface area (Å²) in [6.07, 6.45) is 1.67. The minimum Gasteiger partial charge on any atom is -0.507 e. The number of nitrogens with zero attached hydrogens (tertiary/aromatic N) is 1. The third-order valence-corrected chi connectivity index (χ3v) is 7.17. The number of nitrogens with one attached hydrogen (secondary N) is 1. The largest absolute Gasteiger partial charge is 0.507 e. The third kappa shape index (κ3) is 4.48. The molecule has 0 amide bonds. The van der Waals surface area contributed by atoms with Gasteiger partial charge in [-0.15, -0.1) is 0 Å². The number of carboxylic acids is 2. The number of hydrogen-bond donors (Lipinski definition) is 4. The van der Waals surface area contributed by atoms with E-state index < -0.39 is 17.4 Å². The topological polar surface area (TPSA) is 150 Å². The summed E-state index contributed by atoms with van der Waals surface area (Å²) in [5, 5.41) is 35.0. The van der Waals surface area contributed by atoms with Crippen LogP contribution in [0.1, 0.15) is 26.3 Å². The Bertz CT molecular complexity index is 2060. The molecule has 0 saturated carbocycles. The molecule has 4 N–H and O–H groups in total. The Labute approximate surface area is 236 Å². The SMILES string of the molecule is O=C(O)c1ccc(C(=O)O)c(-c2c3cc(Cl)c(=O)cc-3oc3c(CNc4cccc5cccnc45)c(O)ccc23)c1. The molecule has 0 unspecified atom stereocenters. The minimum atomic E-state index is -1.28. The Morgan fingerprint density at radius 2 is 1.73 bits per heavy atom. The van der Waals surface area contributed by atoms with Gasteiger partial charge in [0.1, 0.15) is 17.1 Å². The van der Waals surface area contributed by atoms with Crippen LogP contribution in [0.15, 0.2) is 88.2 Å². The van der Waals surface area contributed by atoms with Gasteiger partial charge in [0, 0.05) is 40.7 Å². The fourth-order valence-electron chi connectivity index (χ4n) is 4.96. The molecule has 4 aromatic rings. The first-order valence-electron chi connectivity index (χ1n) is 12.3. The second-order valence-corrected chi connectivity index (χ2v) is 9.71. The predicted molar refractivity (Wildman–Crippen MR) is 154 cm³/mol. The Hall–Kier alpha value is -5.41. The quantitative estimate of drug-likeness (QED) is 0.166. The fourth-order valence-corrected chi connectivity index (χ4v) is 5.13. The zero-order valence-corrected chi connectivity index (χ0v) is 21.8. The molecule has 1 aliphatic carbocycles. The van der Waals surface area contributed by atoms with Crippen molar-refractivity contribution < 1.29 is 29.3 Å². The zero-order chi connectivity index (χ0) is 28.8. The lowest BCUT2D eigenvalue weighted by atomic mass is 9.89. The summed E-state index contributed by atoms with van der Waals surface area (Å²) in [5.74, 6) is -2.56. The maximum absolute atomic E-state index is 12.5. The average Bonchev–Trinajstić information content (AvgIpc) is 2.96. The van der Waals surface area contributed by atoms with Crippen LogP contribution in [0.3, 0.4) is 0 Å². The van der Waals surface area contributed by atoms with Crippen molar-refractivity contribution in [2.75, 3.05) is 5.32 Å². The van der Waals surface area contributed by atoms with Gasteiger partial charge < -0.3 is 25.1 Å². The molecule has 6 rings (SSSR count). The highest BCUT2D eigenvalue weighted by atomic mass is 35.5. The van der Waals surface area contributed by atoms with Crippen molar-refractivity contribution in [1.29, 1.82) is 0 Å². The smallest absolute Gasteiger partial charge is 0.336 e. The maximum Gasteiger partial charge on any atom is 0.336 e. The number of halogens is 1. The van der Waals surface area contributed by atoms with E-state index in [0.29, 0.717) is 22.2 Å². The van der Waals surface area contributed by atoms with Crippen molar-refractivity contribution in [3.63, 3.8) is 0 Å². The lowest BCUT2D eigenvalue weighted by Gasteiger charge is -2.19. The van der Waals surface area contributed by atoms with Crippen LogP contribution in [0.4, 0.5) is 5.69 Å². The molecule has 1 aromatic heterocycles. The number of benzene rings is 4. The number of pyridine rings is 1. The number of rotatable bonds is 6. The predicted octanol–water partition coefficient (Wildman–Crippen LogP) is 6.48. The monoisotopic (exact) mass is 566 g/mol. The van der Waals surface area contributed by atoms with Crippen LogP contribution in [-0.4, -0.2) is 32.2 Å². The molecule has 9 nitrogen and oxygen atoms in total. The standard InChI is InChI=1S/C31H19ClN2O7/c32-22-12-20-26(13-25(22)36)41-29-18(27(20)19-11-16(30(37)38)6-7-17(19)31(39)40)8-9-24(35)21(29)14-34-23-5-1-3-15-4-2-10-33-28(15)23/h1-13,34-35H,14H2,(H,37,38)(H,39,40). The van der Waals surface area contributed by atoms with Crippen molar-refractivity contribution in [3.05, 3.63) is 111 Å². The lowest BCUT2D eigenvalue weighted by Crippen LogP contribution is -2.07. The Kier molecular flexibility index (Phi) is 6.28. The highest BCUT2D eigenvalue weighted by Crippen LogP contribution is 2.44. The van der Waals surface area contributed by atoms with Crippen molar-refractivity contribution >= 4 is 51.1 Å². The summed E-state index contributed by atoms with van der Waals surface area (Å²) < 4.78 is 6.17. The van der Waals surface area contributed by atoms with Crippen molar-refractivity contribution in [3.8, 4) is 28.2 Å². The number of anilines is 1. The van der Waals surface area contributed by atoms with Gasteiger partial charge in [-0.2, -0.15) is 0 Å². The third-order valence-electron chi connectivity index (χ3n) is 6.88. The highest BCUT2D eigenvalue weighted by Gasteiger charge is 2.26. The molecule has 202 valence electrons. The molecule has 0 atom stereocenters. The molecule has 41 heavy (non-hydrogen) atoms. The summed E-state index contributed by atoms with van der Waals surface area (Å²) >= 11 is 6.18. The Balaban J connectivity index is 1.64. The molecule has 2 aliphatic rings. The summed E-state index contributed by atoms with van der Waals surface area (Å²) in [6, 6.07) is 18.6. The molecular weight excluding hydrogens is 548 g/mol. The van der Waals surface area contributed by atoms with Crippen LogP contribution in [0.5, 0.6) is 5.75 Å². The number of fused-ring (bicyclic) bond motifs is 3. The van der Waals surface area contributed by atoms with Gasteiger partial charge in [-0.3, -0.25) is 9.78 Å². The van der Waals surface area contributed by atoms with E-state index in [2.05, 4.69) is 10.3 Å². The van der Waals surface area contributed by atoms with Gasteiger partial charge in [-0.05, 0) is 54.1 Å². The molecule has 1 aliphatic heterocycles. The molecule has 0 saturated heterocycles. The van der Waals surface area contributed by atoms with Crippen LogP contribution in [0, 0.1) is 0 Å². The van der Waals surface area contributed by atoms with E-state index in [-0.39, 0.29) is 50.9 Å². The number of hydrogen-bond acceptors (Lipinski definition) is 7. The maximum atomic E-state index is 12.5. The number of carbonyl (C=O) groups is 2. The normalized spacial score (nSPS) is 11.2. The van der Waals surface area contributed by atoms with Crippen molar-refractivity contribution in [2.24, 2.45) is 0 Å². The van der Waals surface area contributed by atoms with Gasteiger partial charge in [0.05, 0.1) is 32.9 Å². The number of phenols is 1. The molecule has 2 heterocycles. The van der Waals surface area contributed by atoms with Crippen molar-refractivity contribution in [2.45, 2.75) is 6.54 Å². The van der Waals surface area contributed by atoms with Crippen molar-refractivity contribution in [1.82, 2.24) is 4.98 Å². The summed E-state index contributed by atoms with van der Waals surface area (Å²) in [4.78, 5) is 41.0. The lowest BCUT2D eigenvalue weighted by molar-refractivity contribution is 0.0682. The van der Waals surface area contributed by atoms with Gasteiger partial charge in [0.2, 0.25) is 5.43 Å². The van der Waals surface area contributed by atoms with Gasteiger partial charge >= 0.3 is 11.9 Å². The molecule has 0 bridgehead atoms. The molecule has 0 spiro atoms. The summed E-state index contributed by atoms with van der Waals surface area (Å²) in [7, 11) is 0. The first-order valence-corrected chi connectivity index (χ1v) is 12.7. The second kappa shape index (κ2) is 9.96. The summed E-state index contributed by atoms with van der Waals surface area (Å²) in [6.45, 7) is 0.0755. The van der Waals surface area contributed by atoms with Crippen LogP contribution in [-0.2, 0) is 6.54 Å². The Morgan fingerprint density at radius 1 is 0.927 bits per heavy atom. The molecule has 0 radical (unpaired) electrons. The van der Waals surface area contributed by atoms with Crippen LogP contribution in [0.2, 0.25) is 5.02 Å². The van der Waals surface area contributed by atoms with Crippen LogP contribution >= 0.6 is 11.6 Å². The molecule has 0 fully saturated rings. The summed E-state index contributed by atoms with van der Waals surface area (Å²) in [5.41, 5.74) is 1.78. The van der Waals surface area contributed by atoms with E-state index in [1.807, 2.05) is 30.3 Å². The van der Waals surface area contributed by atoms with Gasteiger partial charge in [-0.1, -0.05) is 29.8 Å². The Morgan fingerprint density at radius 3 is 2.51 bits per heavy atom. The molecule has 10 heteroatoms. The number of aromatic carboxylic acids is 2. The number of para-hydroxylation sites is 1.